The standard InChI is InChI=1S/C24H23F2N3O5/c1-24(15-5-6-16(25)17(26)12-15)22(31)29(23(32)27-24)13-21(30)28-8-2-3-18(28)14-4-7-19-20(11-14)34-10-9-33-19/h4-7,11-12,18H,2-3,8-10,13H2,1H3,(H,27,32). The average molecular weight is 471 g/mol. The molecule has 2 fully saturated rings. The summed E-state index contributed by atoms with van der Waals surface area (Å²) in [7, 11) is 0. The van der Waals surface area contributed by atoms with Gasteiger partial charge in [-0.2, -0.15) is 0 Å². The fraction of sp³-hybridized carbons (Fsp3) is 0.375. The van der Waals surface area contributed by atoms with Crippen LogP contribution in [-0.2, 0) is 15.1 Å². The molecule has 5 rings (SSSR count). The van der Waals surface area contributed by atoms with Gasteiger partial charge in [0.25, 0.3) is 5.91 Å². The van der Waals surface area contributed by atoms with Crippen molar-refractivity contribution in [3.63, 3.8) is 0 Å². The fourth-order valence-electron chi connectivity index (χ4n) is 4.75. The van der Waals surface area contributed by atoms with Gasteiger partial charge < -0.3 is 19.7 Å². The normalized spacial score (nSPS) is 23.9. The number of ether oxygens (including phenoxy) is 2. The first-order valence-electron chi connectivity index (χ1n) is 11.1. The molecule has 178 valence electrons. The predicted molar refractivity (Wildman–Crippen MR) is 115 cm³/mol. The molecule has 0 aliphatic carbocycles. The zero-order valence-electron chi connectivity index (χ0n) is 18.5. The molecule has 2 saturated heterocycles. The summed E-state index contributed by atoms with van der Waals surface area (Å²) in [6, 6.07) is 7.58. The number of fused-ring (bicyclic) bond motifs is 1. The minimum absolute atomic E-state index is 0.0926. The minimum atomic E-state index is -1.61. The fourth-order valence-corrected chi connectivity index (χ4v) is 4.75. The van der Waals surface area contributed by atoms with Crippen molar-refractivity contribution in [1.29, 1.82) is 0 Å². The van der Waals surface area contributed by atoms with Crippen molar-refractivity contribution in [2.75, 3.05) is 26.3 Å². The lowest BCUT2D eigenvalue weighted by Gasteiger charge is -2.28. The average Bonchev–Trinajstić information content (AvgIpc) is 3.40. The monoisotopic (exact) mass is 471 g/mol. The Balaban J connectivity index is 1.34. The summed E-state index contributed by atoms with van der Waals surface area (Å²) in [6.07, 6.45) is 1.51. The molecule has 4 amide bonds. The van der Waals surface area contributed by atoms with E-state index in [0.717, 1.165) is 35.4 Å². The molecule has 34 heavy (non-hydrogen) atoms. The van der Waals surface area contributed by atoms with Crippen molar-refractivity contribution in [3.8, 4) is 11.5 Å². The van der Waals surface area contributed by atoms with Crippen molar-refractivity contribution >= 4 is 17.8 Å². The number of hydrogen-bond acceptors (Lipinski definition) is 5. The summed E-state index contributed by atoms with van der Waals surface area (Å²) in [5.74, 6) is -1.99. The number of hydrogen-bond donors (Lipinski definition) is 1. The third-order valence-electron chi connectivity index (χ3n) is 6.59. The smallest absolute Gasteiger partial charge is 0.325 e. The molecule has 3 heterocycles. The lowest BCUT2D eigenvalue weighted by atomic mass is 9.92. The molecule has 2 aromatic rings. The van der Waals surface area contributed by atoms with Gasteiger partial charge in [-0.25, -0.2) is 13.6 Å². The summed E-state index contributed by atoms with van der Waals surface area (Å²) in [4.78, 5) is 41.4. The second-order valence-electron chi connectivity index (χ2n) is 8.72. The highest BCUT2D eigenvalue weighted by atomic mass is 19.2. The van der Waals surface area contributed by atoms with E-state index in [1.54, 1.807) is 4.90 Å². The van der Waals surface area contributed by atoms with Crippen LogP contribution in [0.4, 0.5) is 13.6 Å². The number of nitrogens with zero attached hydrogens (tertiary/aromatic N) is 2. The first-order chi connectivity index (χ1) is 16.3. The number of likely N-dealkylation sites (tertiary alicyclic amines) is 1. The summed E-state index contributed by atoms with van der Waals surface area (Å²) in [5, 5.41) is 2.51. The Morgan fingerprint density at radius 2 is 1.85 bits per heavy atom. The highest BCUT2D eigenvalue weighted by Gasteiger charge is 2.50. The largest absolute Gasteiger partial charge is 0.486 e. The number of halogens is 2. The SMILES string of the molecule is CC1(c2ccc(F)c(F)c2)NC(=O)N(CC(=O)N2CCCC2c2ccc3c(c2)OCCO3)C1=O. The van der Waals surface area contributed by atoms with E-state index in [-0.39, 0.29) is 17.5 Å². The Hall–Kier alpha value is -3.69. The van der Waals surface area contributed by atoms with Crippen LogP contribution in [0.5, 0.6) is 11.5 Å². The maximum Gasteiger partial charge on any atom is 0.325 e. The number of carbonyl (C=O) groups excluding carboxylic acids is 3. The Morgan fingerprint density at radius 3 is 2.62 bits per heavy atom. The highest BCUT2D eigenvalue weighted by Crippen LogP contribution is 2.38. The van der Waals surface area contributed by atoms with E-state index in [1.807, 2.05) is 18.2 Å². The number of nitrogens with one attached hydrogen (secondary N) is 1. The molecule has 0 aromatic heterocycles. The van der Waals surface area contributed by atoms with Gasteiger partial charge in [0.2, 0.25) is 5.91 Å². The predicted octanol–water partition coefficient (Wildman–Crippen LogP) is 2.87. The molecule has 2 aromatic carbocycles. The van der Waals surface area contributed by atoms with Gasteiger partial charge in [0.1, 0.15) is 25.3 Å². The number of benzene rings is 2. The van der Waals surface area contributed by atoms with Crippen LogP contribution in [0.3, 0.4) is 0 Å². The lowest BCUT2D eigenvalue weighted by Crippen LogP contribution is -2.44. The summed E-state index contributed by atoms with van der Waals surface area (Å²) >= 11 is 0. The van der Waals surface area contributed by atoms with Gasteiger partial charge in [0, 0.05) is 6.54 Å². The first-order valence-corrected chi connectivity index (χ1v) is 11.1. The molecule has 2 atom stereocenters. The Morgan fingerprint density at radius 1 is 1.09 bits per heavy atom. The molecule has 8 nitrogen and oxygen atoms in total. The molecule has 0 spiro atoms. The molecule has 0 saturated carbocycles. The maximum atomic E-state index is 13.8. The van der Waals surface area contributed by atoms with Gasteiger partial charge in [0.15, 0.2) is 23.1 Å². The van der Waals surface area contributed by atoms with Crippen LogP contribution in [0.1, 0.15) is 36.9 Å². The first kappa shape index (κ1) is 22.1. The van der Waals surface area contributed by atoms with Crippen molar-refractivity contribution in [3.05, 3.63) is 59.2 Å². The van der Waals surface area contributed by atoms with Crippen molar-refractivity contribution in [1.82, 2.24) is 15.1 Å². The topological polar surface area (TPSA) is 88.2 Å². The Labute approximate surface area is 194 Å². The van der Waals surface area contributed by atoms with E-state index in [1.165, 1.54) is 13.0 Å². The number of urea groups is 1. The zero-order chi connectivity index (χ0) is 24.0. The number of carbonyl (C=O) groups is 3. The van der Waals surface area contributed by atoms with Crippen LogP contribution in [0.15, 0.2) is 36.4 Å². The molecule has 1 N–H and O–H groups in total. The number of rotatable bonds is 4. The van der Waals surface area contributed by atoms with Gasteiger partial charge in [0.05, 0.1) is 6.04 Å². The van der Waals surface area contributed by atoms with Crippen LogP contribution in [0.25, 0.3) is 0 Å². The van der Waals surface area contributed by atoms with Gasteiger partial charge in [-0.05, 0) is 55.2 Å². The second kappa shape index (κ2) is 8.27. The van der Waals surface area contributed by atoms with Crippen LogP contribution in [0.2, 0.25) is 0 Å². The summed E-state index contributed by atoms with van der Waals surface area (Å²) < 4.78 is 38.3. The van der Waals surface area contributed by atoms with Crippen LogP contribution in [-0.4, -0.2) is 53.9 Å². The highest BCUT2D eigenvalue weighted by molar-refractivity contribution is 6.09. The molecule has 3 aliphatic heterocycles. The van der Waals surface area contributed by atoms with Crippen LogP contribution < -0.4 is 14.8 Å². The number of imide groups is 1. The van der Waals surface area contributed by atoms with Crippen LogP contribution >= 0.6 is 0 Å². The van der Waals surface area contributed by atoms with Crippen molar-refractivity contribution in [2.24, 2.45) is 0 Å². The maximum absolute atomic E-state index is 13.8. The molecule has 2 unspecified atom stereocenters. The van der Waals surface area contributed by atoms with E-state index < -0.39 is 35.7 Å². The van der Waals surface area contributed by atoms with E-state index in [9.17, 15) is 23.2 Å². The van der Waals surface area contributed by atoms with E-state index in [4.69, 9.17) is 9.47 Å². The molecule has 3 aliphatic rings. The third kappa shape index (κ3) is 3.63. The van der Waals surface area contributed by atoms with Crippen LogP contribution in [0, 0.1) is 11.6 Å². The minimum Gasteiger partial charge on any atom is -0.486 e. The van der Waals surface area contributed by atoms with E-state index in [2.05, 4.69) is 5.32 Å². The molecule has 0 bridgehead atoms. The Bertz CT molecular complexity index is 1190. The van der Waals surface area contributed by atoms with Gasteiger partial charge in [-0.15, -0.1) is 0 Å². The Kier molecular flexibility index (Phi) is 5.38. The van der Waals surface area contributed by atoms with Gasteiger partial charge >= 0.3 is 6.03 Å². The van der Waals surface area contributed by atoms with Gasteiger partial charge in [-0.1, -0.05) is 12.1 Å². The van der Waals surface area contributed by atoms with Crippen molar-refractivity contribution in [2.45, 2.75) is 31.3 Å². The van der Waals surface area contributed by atoms with E-state index >= 15 is 0 Å². The lowest BCUT2D eigenvalue weighted by molar-refractivity contribution is -0.139. The zero-order valence-corrected chi connectivity index (χ0v) is 18.5. The van der Waals surface area contributed by atoms with Crippen molar-refractivity contribution < 1.29 is 32.6 Å². The van der Waals surface area contributed by atoms with Gasteiger partial charge in [-0.3, -0.25) is 14.5 Å². The summed E-state index contributed by atoms with van der Waals surface area (Å²) in [5.41, 5.74) is -0.625. The quantitative estimate of drug-likeness (QED) is 0.693. The third-order valence-corrected chi connectivity index (χ3v) is 6.59. The summed E-state index contributed by atoms with van der Waals surface area (Å²) in [6.45, 7) is 2.37. The molecule has 10 heteroatoms. The molecular weight excluding hydrogens is 448 g/mol. The molecule has 0 radical (unpaired) electrons. The van der Waals surface area contributed by atoms with E-state index in [0.29, 0.717) is 31.3 Å². The second-order valence-corrected chi connectivity index (χ2v) is 8.72. The number of amides is 4. The molecular formula is C24H23F2N3O5.